The highest BCUT2D eigenvalue weighted by Crippen LogP contribution is 2.15. The van der Waals surface area contributed by atoms with Crippen LogP contribution in [0.25, 0.3) is 0 Å². The quantitative estimate of drug-likeness (QED) is 0.864. The molecule has 0 aliphatic carbocycles. The van der Waals surface area contributed by atoms with E-state index in [2.05, 4.69) is 11.4 Å². The molecule has 1 amide bonds. The number of hydrogen-bond acceptors (Lipinski definition) is 5. The van der Waals surface area contributed by atoms with Gasteiger partial charge in [0.25, 0.3) is 0 Å². The molecule has 1 aromatic heterocycles. The van der Waals surface area contributed by atoms with E-state index in [0.29, 0.717) is 25.4 Å². The Labute approximate surface area is 136 Å². The van der Waals surface area contributed by atoms with Gasteiger partial charge in [-0.25, -0.2) is 4.79 Å². The van der Waals surface area contributed by atoms with Gasteiger partial charge >= 0.3 is 6.09 Å². The van der Waals surface area contributed by atoms with Crippen LogP contribution in [0.2, 0.25) is 0 Å². The van der Waals surface area contributed by atoms with E-state index < -0.39 is 5.60 Å². The lowest BCUT2D eigenvalue weighted by Crippen LogP contribution is -2.39. The van der Waals surface area contributed by atoms with E-state index in [-0.39, 0.29) is 6.09 Å². The normalized spacial score (nSPS) is 15.0. The Morgan fingerprint density at radius 2 is 2.22 bits per heavy atom. The molecule has 6 nitrogen and oxygen atoms in total. The minimum absolute atomic E-state index is 0.264. The number of ether oxygens (including phenoxy) is 1. The lowest BCUT2D eigenvalue weighted by atomic mass is 10.1. The van der Waals surface area contributed by atoms with Crippen LogP contribution < -0.4 is 5.32 Å². The van der Waals surface area contributed by atoms with Gasteiger partial charge in [0, 0.05) is 19.6 Å². The summed E-state index contributed by atoms with van der Waals surface area (Å²) in [5.74, 6) is 1.07. The number of rotatable bonds is 4. The minimum atomic E-state index is -0.464. The van der Waals surface area contributed by atoms with E-state index in [9.17, 15) is 4.79 Å². The van der Waals surface area contributed by atoms with E-state index >= 15 is 0 Å². The molecule has 0 spiro atoms. The van der Waals surface area contributed by atoms with Gasteiger partial charge in [-0.2, -0.15) is 5.26 Å². The second kappa shape index (κ2) is 7.34. The molecular formula is C17H23N3O3. The third kappa shape index (κ3) is 5.46. The molecule has 0 bridgehead atoms. The summed E-state index contributed by atoms with van der Waals surface area (Å²) in [4.78, 5) is 13.7. The van der Waals surface area contributed by atoms with Crippen molar-refractivity contribution in [1.82, 2.24) is 10.2 Å². The van der Waals surface area contributed by atoms with Gasteiger partial charge in [-0.3, -0.25) is 0 Å². The van der Waals surface area contributed by atoms with Gasteiger partial charge in [-0.05, 0) is 39.3 Å². The van der Waals surface area contributed by atoms with Crippen LogP contribution in [0.15, 0.2) is 28.2 Å². The predicted octanol–water partition coefficient (Wildman–Crippen LogP) is 2.81. The summed E-state index contributed by atoms with van der Waals surface area (Å²) >= 11 is 0. The maximum Gasteiger partial charge on any atom is 0.410 e. The van der Waals surface area contributed by atoms with Gasteiger partial charge in [0.1, 0.15) is 17.4 Å². The Morgan fingerprint density at radius 3 is 2.78 bits per heavy atom. The monoisotopic (exact) mass is 317 g/mol. The lowest BCUT2D eigenvalue weighted by molar-refractivity contribution is 0.0265. The summed E-state index contributed by atoms with van der Waals surface area (Å²) in [6.07, 6.45) is 2.62. The zero-order chi connectivity index (χ0) is 16.9. The second-order valence-corrected chi connectivity index (χ2v) is 6.52. The van der Waals surface area contributed by atoms with Crippen LogP contribution in [0.1, 0.15) is 38.7 Å². The average molecular weight is 317 g/mol. The Bertz CT molecular complexity index is 620. The summed E-state index contributed by atoms with van der Waals surface area (Å²) in [6, 6.07) is 5.42. The molecule has 1 aliphatic heterocycles. The largest absolute Gasteiger partial charge is 0.449 e. The number of nitrogens with zero attached hydrogens (tertiary/aromatic N) is 2. The molecule has 0 fully saturated rings. The summed E-state index contributed by atoms with van der Waals surface area (Å²) in [7, 11) is 0. The summed E-state index contributed by atoms with van der Waals surface area (Å²) in [5.41, 5.74) is 0.797. The average Bonchev–Trinajstić information content (AvgIpc) is 2.94. The van der Waals surface area contributed by atoms with Crippen molar-refractivity contribution in [1.29, 1.82) is 5.26 Å². The second-order valence-electron chi connectivity index (χ2n) is 6.52. The van der Waals surface area contributed by atoms with Crippen LogP contribution >= 0.6 is 0 Å². The molecule has 0 aromatic carbocycles. The number of carbonyl (C=O) groups excluding carboxylic acids is 1. The van der Waals surface area contributed by atoms with Crippen molar-refractivity contribution >= 4 is 6.09 Å². The SMILES string of the molecule is CC(C)(C)OC(=O)N1CC=C(CNCc2ccc(C#N)o2)CC1. The van der Waals surface area contributed by atoms with Crippen molar-refractivity contribution in [2.24, 2.45) is 0 Å². The Kier molecular flexibility index (Phi) is 5.45. The molecular weight excluding hydrogens is 294 g/mol. The van der Waals surface area contributed by atoms with Crippen LogP contribution in [-0.4, -0.2) is 36.2 Å². The number of hydrogen-bond donors (Lipinski definition) is 1. The van der Waals surface area contributed by atoms with Crippen LogP contribution in [0.5, 0.6) is 0 Å². The fourth-order valence-corrected chi connectivity index (χ4v) is 2.24. The molecule has 0 atom stereocenters. The van der Waals surface area contributed by atoms with Gasteiger partial charge in [0.05, 0.1) is 6.54 Å². The first-order valence-corrected chi connectivity index (χ1v) is 7.73. The Hall–Kier alpha value is -2.26. The van der Waals surface area contributed by atoms with E-state index in [1.54, 1.807) is 17.0 Å². The third-order valence-corrected chi connectivity index (χ3v) is 3.38. The fraction of sp³-hybridized carbons (Fsp3) is 0.529. The zero-order valence-electron chi connectivity index (χ0n) is 13.9. The summed E-state index contributed by atoms with van der Waals surface area (Å²) in [6.45, 7) is 8.16. The van der Waals surface area contributed by atoms with Gasteiger partial charge in [0.2, 0.25) is 5.76 Å². The van der Waals surface area contributed by atoms with Crippen LogP contribution in [0.4, 0.5) is 4.79 Å². The first-order valence-electron chi connectivity index (χ1n) is 7.73. The Morgan fingerprint density at radius 1 is 1.43 bits per heavy atom. The summed E-state index contributed by atoms with van der Waals surface area (Å²) in [5, 5.41) is 12.0. The number of carbonyl (C=O) groups is 1. The van der Waals surface area contributed by atoms with Crippen molar-refractivity contribution < 1.29 is 13.9 Å². The van der Waals surface area contributed by atoms with Crippen LogP contribution in [-0.2, 0) is 11.3 Å². The van der Waals surface area contributed by atoms with E-state index in [4.69, 9.17) is 14.4 Å². The molecule has 1 aliphatic rings. The van der Waals surface area contributed by atoms with Gasteiger partial charge in [0.15, 0.2) is 0 Å². The molecule has 0 radical (unpaired) electrons. The van der Waals surface area contributed by atoms with Gasteiger partial charge in [-0.15, -0.1) is 0 Å². The maximum absolute atomic E-state index is 12.0. The van der Waals surface area contributed by atoms with Gasteiger partial charge in [-0.1, -0.05) is 11.6 Å². The summed E-state index contributed by atoms with van der Waals surface area (Å²) < 4.78 is 10.7. The van der Waals surface area contributed by atoms with E-state index in [1.165, 1.54) is 5.57 Å². The van der Waals surface area contributed by atoms with Crippen molar-refractivity contribution in [3.05, 3.63) is 35.3 Å². The highest BCUT2D eigenvalue weighted by Gasteiger charge is 2.23. The molecule has 1 aromatic rings. The molecule has 2 rings (SSSR count). The van der Waals surface area contributed by atoms with Crippen LogP contribution in [0, 0.1) is 11.3 Å². The molecule has 2 heterocycles. The molecule has 0 saturated carbocycles. The zero-order valence-corrected chi connectivity index (χ0v) is 13.9. The Balaban J connectivity index is 1.74. The molecule has 1 N–H and O–H groups in total. The van der Waals surface area contributed by atoms with Crippen molar-refractivity contribution in [3.63, 3.8) is 0 Å². The molecule has 0 unspecified atom stereocenters. The number of amides is 1. The molecule has 6 heteroatoms. The number of nitriles is 1. The van der Waals surface area contributed by atoms with Crippen molar-refractivity contribution in [2.45, 2.75) is 39.3 Å². The molecule has 124 valence electrons. The topological polar surface area (TPSA) is 78.5 Å². The predicted molar refractivity (Wildman–Crippen MR) is 85.6 cm³/mol. The molecule has 23 heavy (non-hydrogen) atoms. The van der Waals surface area contributed by atoms with Crippen LogP contribution in [0.3, 0.4) is 0 Å². The lowest BCUT2D eigenvalue weighted by Gasteiger charge is -2.29. The minimum Gasteiger partial charge on any atom is -0.449 e. The van der Waals surface area contributed by atoms with E-state index in [1.807, 2.05) is 26.8 Å². The first kappa shape index (κ1) is 17.1. The standard InChI is InChI=1S/C17H23N3O3/c1-17(2,3)23-16(21)20-8-6-13(7-9-20)11-19-12-15-5-4-14(10-18)22-15/h4-6,19H,7-9,11-12H2,1-3H3. The van der Waals surface area contributed by atoms with E-state index in [0.717, 1.165) is 18.7 Å². The van der Waals surface area contributed by atoms with Crippen molar-refractivity contribution in [3.8, 4) is 6.07 Å². The molecule has 0 saturated heterocycles. The highest BCUT2D eigenvalue weighted by molar-refractivity contribution is 5.68. The number of nitrogens with one attached hydrogen (secondary N) is 1. The highest BCUT2D eigenvalue weighted by atomic mass is 16.6. The van der Waals surface area contributed by atoms with Crippen molar-refractivity contribution in [2.75, 3.05) is 19.6 Å². The first-order chi connectivity index (χ1) is 10.9. The number of furan rings is 1. The van der Waals surface area contributed by atoms with Gasteiger partial charge < -0.3 is 19.4 Å². The fourth-order valence-electron chi connectivity index (χ4n) is 2.24. The maximum atomic E-state index is 12.0. The smallest absolute Gasteiger partial charge is 0.410 e. The third-order valence-electron chi connectivity index (χ3n) is 3.38.